The molecule has 16 heavy (non-hydrogen) atoms. The Morgan fingerprint density at radius 3 is 2.50 bits per heavy atom. The van der Waals surface area contributed by atoms with Gasteiger partial charge < -0.3 is 0 Å². The van der Waals surface area contributed by atoms with Crippen LogP contribution in [0.1, 0.15) is 32.3 Å². The van der Waals surface area contributed by atoms with Crippen molar-refractivity contribution in [3.63, 3.8) is 0 Å². The van der Waals surface area contributed by atoms with Gasteiger partial charge in [-0.15, -0.1) is 0 Å². The fourth-order valence-electron chi connectivity index (χ4n) is 2.24. The minimum atomic E-state index is 0.0420. The maximum Gasteiger partial charge on any atom is 0.156 e. The summed E-state index contributed by atoms with van der Waals surface area (Å²) in [5.41, 5.74) is 2.09. The largest absolute Gasteiger partial charge is 0.295 e. The molecule has 1 aliphatic rings. The smallest absolute Gasteiger partial charge is 0.156 e. The van der Waals surface area contributed by atoms with Crippen LogP contribution in [0, 0.1) is 5.41 Å². The second kappa shape index (κ2) is 4.06. The first kappa shape index (κ1) is 11.4. The quantitative estimate of drug-likeness (QED) is 0.715. The third-order valence-electron chi connectivity index (χ3n) is 2.88. The lowest BCUT2D eigenvalue weighted by molar-refractivity contribution is -0.116. The average Bonchev–Trinajstić information content (AvgIpc) is 2.15. The van der Waals surface area contributed by atoms with E-state index in [9.17, 15) is 4.79 Å². The van der Waals surface area contributed by atoms with Crippen molar-refractivity contribution in [2.24, 2.45) is 5.41 Å². The van der Waals surface area contributed by atoms with Gasteiger partial charge in [-0.05, 0) is 35.1 Å². The lowest BCUT2D eigenvalue weighted by Gasteiger charge is -2.29. The summed E-state index contributed by atoms with van der Waals surface area (Å²) in [7, 11) is 0. The van der Waals surface area contributed by atoms with E-state index in [-0.39, 0.29) is 11.2 Å². The minimum absolute atomic E-state index is 0.0420. The molecule has 0 atom stereocenters. The van der Waals surface area contributed by atoms with Crippen LogP contribution in [0.5, 0.6) is 0 Å². The lowest BCUT2D eigenvalue weighted by atomic mass is 9.75. The Morgan fingerprint density at radius 1 is 1.19 bits per heavy atom. The highest BCUT2D eigenvalue weighted by Gasteiger charge is 2.28. The highest BCUT2D eigenvalue weighted by molar-refractivity contribution is 6.32. The maximum atomic E-state index is 11.7. The summed E-state index contributed by atoms with van der Waals surface area (Å²) in [4.78, 5) is 11.7. The molecule has 1 aliphatic carbocycles. The van der Waals surface area contributed by atoms with E-state index in [0.29, 0.717) is 6.42 Å². The fourth-order valence-corrected chi connectivity index (χ4v) is 2.50. The third-order valence-corrected chi connectivity index (χ3v) is 3.21. The Morgan fingerprint density at radius 2 is 1.88 bits per heavy atom. The van der Waals surface area contributed by atoms with E-state index in [2.05, 4.69) is 13.8 Å². The van der Waals surface area contributed by atoms with Gasteiger partial charge in [-0.3, -0.25) is 4.79 Å². The molecular weight excluding hydrogens is 220 g/mol. The zero-order valence-corrected chi connectivity index (χ0v) is 10.3. The van der Waals surface area contributed by atoms with Crippen LogP contribution in [0.15, 0.2) is 30.3 Å². The summed E-state index contributed by atoms with van der Waals surface area (Å²) in [6, 6.07) is 7.70. The molecule has 2 heteroatoms. The highest BCUT2D eigenvalue weighted by Crippen LogP contribution is 2.39. The molecule has 0 unspecified atom stereocenters. The monoisotopic (exact) mass is 234 g/mol. The van der Waals surface area contributed by atoms with Gasteiger partial charge in [0.05, 0.1) is 0 Å². The van der Waals surface area contributed by atoms with Crippen molar-refractivity contribution < 1.29 is 4.79 Å². The van der Waals surface area contributed by atoms with Crippen molar-refractivity contribution in [2.75, 3.05) is 0 Å². The number of hydrogen-bond donors (Lipinski definition) is 0. The van der Waals surface area contributed by atoms with Crippen LogP contribution in [0.3, 0.4) is 0 Å². The van der Waals surface area contributed by atoms with Crippen molar-refractivity contribution in [1.29, 1.82) is 0 Å². The number of hydrogen-bond acceptors (Lipinski definition) is 1. The molecule has 84 valence electrons. The van der Waals surface area contributed by atoms with Crippen molar-refractivity contribution in [2.45, 2.75) is 26.7 Å². The van der Waals surface area contributed by atoms with Gasteiger partial charge in [0.2, 0.25) is 0 Å². The summed E-state index contributed by atoms with van der Waals surface area (Å²) >= 11 is 6.15. The van der Waals surface area contributed by atoms with Gasteiger partial charge in [-0.2, -0.15) is 0 Å². The summed E-state index contributed by atoms with van der Waals surface area (Å²) < 4.78 is 0. The summed E-state index contributed by atoms with van der Waals surface area (Å²) in [6.07, 6.45) is 3.27. The van der Waals surface area contributed by atoms with Crippen molar-refractivity contribution in [3.8, 4) is 0 Å². The van der Waals surface area contributed by atoms with E-state index in [1.54, 1.807) is 6.08 Å². The SMILES string of the molecule is CC1(C)CC(=O)C=C(c2ccccc2Cl)C1. The van der Waals surface area contributed by atoms with E-state index >= 15 is 0 Å². The highest BCUT2D eigenvalue weighted by atomic mass is 35.5. The number of ketones is 1. The first-order valence-corrected chi connectivity index (χ1v) is 5.84. The van der Waals surface area contributed by atoms with Crippen LogP contribution < -0.4 is 0 Å². The molecule has 1 nitrogen and oxygen atoms in total. The van der Waals surface area contributed by atoms with Crippen LogP contribution in [-0.2, 0) is 4.79 Å². The Balaban J connectivity index is 2.42. The number of halogens is 1. The Bertz CT molecular complexity index is 458. The Labute approximate surface area is 101 Å². The van der Waals surface area contributed by atoms with Crippen LogP contribution in [0.4, 0.5) is 0 Å². The molecule has 1 aromatic rings. The van der Waals surface area contributed by atoms with E-state index < -0.39 is 0 Å². The molecule has 0 amide bonds. The lowest BCUT2D eigenvalue weighted by Crippen LogP contribution is -2.21. The molecule has 2 rings (SSSR count). The molecule has 0 aliphatic heterocycles. The topological polar surface area (TPSA) is 17.1 Å². The number of benzene rings is 1. The van der Waals surface area contributed by atoms with E-state index in [1.165, 1.54) is 0 Å². The third kappa shape index (κ3) is 2.35. The van der Waals surface area contributed by atoms with Gasteiger partial charge in [0, 0.05) is 11.4 Å². The summed E-state index contributed by atoms with van der Waals surface area (Å²) in [6.45, 7) is 4.24. The first-order chi connectivity index (χ1) is 7.48. The molecule has 0 heterocycles. The van der Waals surface area contributed by atoms with Gasteiger partial charge in [0.25, 0.3) is 0 Å². The van der Waals surface area contributed by atoms with Crippen molar-refractivity contribution in [1.82, 2.24) is 0 Å². The van der Waals surface area contributed by atoms with Gasteiger partial charge in [0.1, 0.15) is 0 Å². The molecular formula is C14H15ClO. The van der Waals surface area contributed by atoms with E-state index in [0.717, 1.165) is 22.6 Å². The maximum absolute atomic E-state index is 11.7. The minimum Gasteiger partial charge on any atom is -0.295 e. The summed E-state index contributed by atoms with van der Waals surface area (Å²) in [5, 5.41) is 0.722. The Kier molecular flexibility index (Phi) is 2.90. The number of carbonyl (C=O) groups is 1. The molecule has 1 aromatic carbocycles. The van der Waals surface area contributed by atoms with Gasteiger partial charge in [-0.1, -0.05) is 43.6 Å². The molecule has 0 aromatic heterocycles. The fraction of sp³-hybridized carbons (Fsp3) is 0.357. The van der Waals surface area contributed by atoms with Gasteiger partial charge in [0.15, 0.2) is 5.78 Å². The van der Waals surface area contributed by atoms with Gasteiger partial charge >= 0.3 is 0 Å². The average molecular weight is 235 g/mol. The zero-order chi connectivity index (χ0) is 11.8. The summed E-state index contributed by atoms with van der Waals surface area (Å²) in [5.74, 6) is 0.200. The Hall–Kier alpha value is -1.08. The molecule has 0 bridgehead atoms. The number of rotatable bonds is 1. The molecule has 0 saturated carbocycles. The normalized spacial score (nSPS) is 19.4. The van der Waals surface area contributed by atoms with Crippen LogP contribution >= 0.6 is 11.6 Å². The first-order valence-electron chi connectivity index (χ1n) is 5.46. The van der Waals surface area contributed by atoms with E-state index in [1.807, 2.05) is 24.3 Å². The molecule has 0 fully saturated rings. The molecule has 0 spiro atoms. The second-order valence-electron chi connectivity index (χ2n) is 5.13. The molecule has 0 N–H and O–H groups in total. The number of carbonyl (C=O) groups excluding carboxylic acids is 1. The van der Waals surface area contributed by atoms with Crippen LogP contribution in [0.2, 0.25) is 5.02 Å². The predicted octanol–water partition coefficient (Wildman–Crippen LogP) is 4.11. The van der Waals surface area contributed by atoms with Crippen LogP contribution in [-0.4, -0.2) is 5.78 Å². The van der Waals surface area contributed by atoms with Crippen molar-refractivity contribution in [3.05, 3.63) is 40.9 Å². The van der Waals surface area contributed by atoms with Gasteiger partial charge in [-0.25, -0.2) is 0 Å². The van der Waals surface area contributed by atoms with Crippen molar-refractivity contribution >= 4 is 23.0 Å². The van der Waals surface area contributed by atoms with E-state index in [4.69, 9.17) is 11.6 Å². The molecule has 0 saturated heterocycles. The molecule has 0 radical (unpaired) electrons. The standard InChI is InChI=1S/C14H15ClO/c1-14(2)8-10(7-11(16)9-14)12-5-3-4-6-13(12)15/h3-7H,8-9H2,1-2H3. The zero-order valence-electron chi connectivity index (χ0n) is 9.59. The predicted molar refractivity (Wildman–Crippen MR) is 67.5 cm³/mol. The second-order valence-corrected chi connectivity index (χ2v) is 5.54. The number of allylic oxidation sites excluding steroid dienone is 2. The van der Waals surface area contributed by atoms with Crippen LogP contribution in [0.25, 0.3) is 5.57 Å².